The fourth-order valence-corrected chi connectivity index (χ4v) is 2.75. The lowest BCUT2D eigenvalue weighted by atomic mass is 10.0. The molecule has 2 aromatic heterocycles. The highest BCUT2D eigenvalue weighted by atomic mass is 19.1. The summed E-state index contributed by atoms with van der Waals surface area (Å²) in [6, 6.07) is 16.3. The first-order chi connectivity index (χ1) is 13.5. The Morgan fingerprint density at radius 1 is 1.00 bits per heavy atom. The first-order valence-corrected chi connectivity index (χ1v) is 8.22. The molecular formula is C20H12FN3O4. The van der Waals surface area contributed by atoms with Crippen LogP contribution in [0.5, 0.6) is 11.6 Å². The normalized spacial score (nSPS) is 10.8. The Bertz CT molecular complexity index is 1180. The van der Waals surface area contributed by atoms with Gasteiger partial charge in [0.1, 0.15) is 11.6 Å². The van der Waals surface area contributed by atoms with E-state index in [4.69, 9.17) is 4.74 Å². The van der Waals surface area contributed by atoms with Crippen molar-refractivity contribution in [2.24, 2.45) is 0 Å². The summed E-state index contributed by atoms with van der Waals surface area (Å²) in [5.74, 6) is -0.836. The molecule has 0 aliphatic heterocycles. The maximum atomic E-state index is 13.0. The lowest BCUT2D eigenvalue weighted by Crippen LogP contribution is -2.01. The number of ketones is 1. The molecule has 0 atom stereocenters. The van der Waals surface area contributed by atoms with Crippen LogP contribution in [0.3, 0.4) is 0 Å². The number of nitro groups is 1. The van der Waals surface area contributed by atoms with Gasteiger partial charge < -0.3 is 14.9 Å². The van der Waals surface area contributed by atoms with E-state index in [2.05, 4.69) is 4.98 Å². The molecule has 138 valence electrons. The summed E-state index contributed by atoms with van der Waals surface area (Å²) in [5.41, 5.74) is 1.11. The van der Waals surface area contributed by atoms with Gasteiger partial charge in [0.2, 0.25) is 5.65 Å². The molecule has 0 radical (unpaired) electrons. The molecule has 0 saturated carbocycles. The van der Waals surface area contributed by atoms with Gasteiger partial charge in [0, 0.05) is 17.2 Å². The number of fused-ring (bicyclic) bond motifs is 1. The van der Waals surface area contributed by atoms with Crippen LogP contribution in [0.1, 0.15) is 15.9 Å². The maximum Gasteiger partial charge on any atom is 0.392 e. The van der Waals surface area contributed by atoms with Gasteiger partial charge >= 0.3 is 11.7 Å². The molecule has 4 rings (SSSR count). The van der Waals surface area contributed by atoms with Gasteiger partial charge in [-0.25, -0.2) is 4.39 Å². The van der Waals surface area contributed by atoms with Gasteiger partial charge in [-0.15, -0.1) is 0 Å². The SMILES string of the molecule is O=C(c1ccc(F)cc1)c1ccc(Oc2nc3ccccn3c2[N+](=O)[O-])cc1. The zero-order chi connectivity index (χ0) is 19.7. The lowest BCUT2D eigenvalue weighted by Gasteiger charge is -2.05. The highest BCUT2D eigenvalue weighted by Crippen LogP contribution is 2.31. The number of nitrogens with zero attached hydrogens (tertiary/aromatic N) is 3. The molecule has 2 aromatic carbocycles. The summed E-state index contributed by atoms with van der Waals surface area (Å²) in [6.45, 7) is 0. The second kappa shape index (κ2) is 6.92. The Morgan fingerprint density at radius 2 is 1.64 bits per heavy atom. The molecule has 4 aromatic rings. The van der Waals surface area contributed by atoms with E-state index in [1.54, 1.807) is 18.2 Å². The van der Waals surface area contributed by atoms with Crippen LogP contribution in [-0.4, -0.2) is 20.1 Å². The molecule has 0 aliphatic carbocycles. The predicted molar refractivity (Wildman–Crippen MR) is 98.2 cm³/mol. The van der Waals surface area contributed by atoms with E-state index in [1.807, 2.05) is 0 Å². The number of carbonyl (C=O) groups is 1. The Kier molecular flexibility index (Phi) is 4.29. The van der Waals surface area contributed by atoms with E-state index in [-0.39, 0.29) is 17.5 Å². The minimum atomic E-state index is -0.568. The summed E-state index contributed by atoms with van der Waals surface area (Å²) in [6.07, 6.45) is 1.53. The van der Waals surface area contributed by atoms with Crippen LogP contribution in [0.2, 0.25) is 0 Å². The van der Waals surface area contributed by atoms with Crippen LogP contribution in [-0.2, 0) is 0 Å². The number of ether oxygens (including phenoxy) is 1. The molecule has 0 aliphatic rings. The molecule has 0 bridgehead atoms. The van der Waals surface area contributed by atoms with Crippen molar-refractivity contribution >= 4 is 17.2 Å². The number of pyridine rings is 1. The van der Waals surface area contributed by atoms with Gasteiger partial charge in [0.15, 0.2) is 5.78 Å². The van der Waals surface area contributed by atoms with E-state index in [0.717, 1.165) is 0 Å². The highest BCUT2D eigenvalue weighted by Gasteiger charge is 2.24. The van der Waals surface area contributed by atoms with Crippen molar-refractivity contribution in [1.29, 1.82) is 0 Å². The van der Waals surface area contributed by atoms with Crippen LogP contribution in [0.25, 0.3) is 5.65 Å². The summed E-state index contributed by atoms with van der Waals surface area (Å²) < 4.78 is 19.9. The van der Waals surface area contributed by atoms with Crippen molar-refractivity contribution in [3.63, 3.8) is 0 Å². The third kappa shape index (κ3) is 3.18. The van der Waals surface area contributed by atoms with Crippen molar-refractivity contribution in [3.05, 3.63) is 100.0 Å². The molecule has 7 nitrogen and oxygen atoms in total. The van der Waals surface area contributed by atoms with Crippen molar-refractivity contribution in [1.82, 2.24) is 9.38 Å². The molecule has 0 saturated heterocycles. The topological polar surface area (TPSA) is 86.7 Å². The fourth-order valence-electron chi connectivity index (χ4n) is 2.75. The van der Waals surface area contributed by atoms with E-state index in [0.29, 0.717) is 22.5 Å². The second-order valence-electron chi connectivity index (χ2n) is 5.89. The van der Waals surface area contributed by atoms with Crippen molar-refractivity contribution in [2.75, 3.05) is 0 Å². The van der Waals surface area contributed by atoms with Gasteiger partial charge in [-0.1, -0.05) is 6.07 Å². The Hall–Kier alpha value is -4.07. The van der Waals surface area contributed by atoms with Crippen molar-refractivity contribution in [2.45, 2.75) is 0 Å². The van der Waals surface area contributed by atoms with Gasteiger partial charge in [0.25, 0.3) is 0 Å². The lowest BCUT2D eigenvalue weighted by molar-refractivity contribution is -0.391. The number of benzene rings is 2. The number of carbonyl (C=O) groups excluding carboxylic acids is 1. The largest absolute Gasteiger partial charge is 0.433 e. The van der Waals surface area contributed by atoms with E-state index in [1.165, 1.54) is 59.1 Å². The van der Waals surface area contributed by atoms with Gasteiger partial charge in [0.05, 0.1) is 6.20 Å². The number of imidazole rings is 1. The Balaban J connectivity index is 1.61. The number of hydrogen-bond donors (Lipinski definition) is 0. The number of aromatic nitrogens is 2. The van der Waals surface area contributed by atoms with Gasteiger partial charge in [-0.2, -0.15) is 9.38 Å². The van der Waals surface area contributed by atoms with Crippen molar-refractivity contribution in [3.8, 4) is 11.6 Å². The van der Waals surface area contributed by atoms with E-state index < -0.39 is 10.7 Å². The number of hydrogen-bond acceptors (Lipinski definition) is 5. The molecular weight excluding hydrogens is 365 g/mol. The summed E-state index contributed by atoms with van der Waals surface area (Å²) in [7, 11) is 0. The molecule has 0 N–H and O–H groups in total. The molecule has 0 amide bonds. The predicted octanol–water partition coefficient (Wildman–Crippen LogP) is 4.40. The van der Waals surface area contributed by atoms with Crippen LogP contribution >= 0.6 is 0 Å². The number of halogens is 1. The Labute approximate surface area is 157 Å². The van der Waals surface area contributed by atoms with Crippen LogP contribution < -0.4 is 4.74 Å². The monoisotopic (exact) mass is 377 g/mol. The Morgan fingerprint density at radius 3 is 2.29 bits per heavy atom. The highest BCUT2D eigenvalue weighted by molar-refractivity contribution is 6.09. The zero-order valence-corrected chi connectivity index (χ0v) is 14.3. The third-order valence-electron chi connectivity index (χ3n) is 4.08. The standard InChI is InChI=1S/C20H12FN3O4/c21-15-8-4-13(5-9-15)18(25)14-6-10-16(11-7-14)28-19-20(24(26)27)23-12-2-1-3-17(23)22-19/h1-12H. The average Bonchev–Trinajstić information content (AvgIpc) is 3.06. The molecule has 0 unspecified atom stereocenters. The first kappa shape index (κ1) is 17.3. The van der Waals surface area contributed by atoms with Crippen molar-refractivity contribution < 1.29 is 18.8 Å². The summed E-state index contributed by atoms with van der Waals surface area (Å²) >= 11 is 0. The quantitative estimate of drug-likeness (QED) is 0.292. The average molecular weight is 377 g/mol. The molecule has 2 heterocycles. The maximum absolute atomic E-state index is 13.0. The fraction of sp³-hybridized carbons (Fsp3) is 0. The van der Waals surface area contributed by atoms with E-state index >= 15 is 0 Å². The third-order valence-corrected chi connectivity index (χ3v) is 4.08. The second-order valence-corrected chi connectivity index (χ2v) is 5.89. The van der Waals surface area contributed by atoms with Crippen LogP contribution in [0, 0.1) is 15.9 Å². The minimum Gasteiger partial charge on any atom is -0.433 e. The van der Waals surface area contributed by atoms with Gasteiger partial charge in [-0.3, -0.25) is 4.79 Å². The minimum absolute atomic E-state index is 0.145. The van der Waals surface area contributed by atoms with Crippen LogP contribution in [0.15, 0.2) is 72.9 Å². The van der Waals surface area contributed by atoms with Crippen LogP contribution in [0.4, 0.5) is 10.2 Å². The van der Waals surface area contributed by atoms with Gasteiger partial charge in [-0.05, 0) is 59.5 Å². The summed E-state index contributed by atoms with van der Waals surface area (Å²) in [4.78, 5) is 27.4. The molecule has 0 spiro atoms. The summed E-state index contributed by atoms with van der Waals surface area (Å²) in [5, 5.41) is 11.4. The molecule has 0 fully saturated rings. The number of rotatable bonds is 5. The molecule has 28 heavy (non-hydrogen) atoms. The molecule has 8 heteroatoms. The first-order valence-electron chi connectivity index (χ1n) is 8.22. The van der Waals surface area contributed by atoms with E-state index in [9.17, 15) is 19.3 Å². The smallest absolute Gasteiger partial charge is 0.392 e. The zero-order valence-electron chi connectivity index (χ0n) is 14.3.